The highest BCUT2D eigenvalue weighted by molar-refractivity contribution is 5.77. The number of nitrogens with zero attached hydrogens (tertiary/aromatic N) is 3. The van der Waals surface area contributed by atoms with Gasteiger partial charge in [-0.25, -0.2) is 0 Å². The van der Waals surface area contributed by atoms with Crippen LogP contribution in [0, 0.1) is 10.1 Å². The van der Waals surface area contributed by atoms with Crippen LogP contribution in [-0.4, -0.2) is 50.1 Å². The quantitative estimate of drug-likeness (QED) is 0.663. The summed E-state index contributed by atoms with van der Waals surface area (Å²) in [4.78, 5) is 15.3. The Morgan fingerprint density at radius 1 is 1.47 bits per heavy atom. The maximum Gasteiger partial charge on any atom is 0.315 e. The molecule has 104 valence electrons. The summed E-state index contributed by atoms with van der Waals surface area (Å²) >= 11 is 0. The molecule has 0 radical (unpaired) electrons. The summed E-state index contributed by atoms with van der Waals surface area (Å²) in [6.07, 6.45) is 1.04. The first kappa shape index (κ1) is 13.6. The van der Waals surface area contributed by atoms with Crippen LogP contribution in [0.2, 0.25) is 0 Å². The highest BCUT2D eigenvalue weighted by Gasteiger charge is 2.30. The molecule has 0 bridgehead atoms. The molecule has 1 saturated heterocycles. The SMILES string of the molecule is CNc1cccc(N2CCC(N(C)C)C2)c1[N+](=O)[O-]. The summed E-state index contributed by atoms with van der Waals surface area (Å²) < 4.78 is 0. The Bertz CT molecular complexity index is 476. The number of anilines is 2. The molecular formula is C13H20N4O2. The highest BCUT2D eigenvalue weighted by Crippen LogP contribution is 2.37. The van der Waals surface area contributed by atoms with E-state index in [1.165, 1.54) is 0 Å². The van der Waals surface area contributed by atoms with E-state index in [-0.39, 0.29) is 10.6 Å². The standard InChI is InChI=1S/C13H20N4O2/c1-14-11-5-4-6-12(13(11)17(18)19)16-8-7-10(9-16)15(2)3/h4-6,10,14H,7-9H2,1-3H3. The average Bonchev–Trinajstić information content (AvgIpc) is 2.87. The number of para-hydroxylation sites is 1. The molecule has 6 heteroatoms. The number of nitro benzene ring substituents is 1. The number of hydrogen-bond donors (Lipinski definition) is 1. The van der Waals surface area contributed by atoms with Gasteiger partial charge in [-0.2, -0.15) is 0 Å². The monoisotopic (exact) mass is 264 g/mol. The van der Waals surface area contributed by atoms with Crippen LogP contribution in [0.25, 0.3) is 0 Å². The second-order valence-corrected chi connectivity index (χ2v) is 5.03. The van der Waals surface area contributed by atoms with Crippen molar-refractivity contribution in [3.05, 3.63) is 28.3 Å². The van der Waals surface area contributed by atoms with Crippen LogP contribution in [0.4, 0.5) is 17.1 Å². The Labute approximate surface area is 113 Å². The minimum Gasteiger partial charge on any atom is -0.382 e. The molecule has 1 N–H and O–H groups in total. The Hall–Kier alpha value is -1.82. The van der Waals surface area contributed by atoms with Gasteiger partial charge in [0, 0.05) is 26.2 Å². The van der Waals surface area contributed by atoms with E-state index in [2.05, 4.69) is 15.1 Å². The fourth-order valence-electron chi connectivity index (χ4n) is 2.56. The van der Waals surface area contributed by atoms with Gasteiger partial charge in [-0.3, -0.25) is 10.1 Å². The van der Waals surface area contributed by atoms with Gasteiger partial charge in [0.2, 0.25) is 0 Å². The first-order valence-corrected chi connectivity index (χ1v) is 6.41. The number of nitrogens with one attached hydrogen (secondary N) is 1. The van der Waals surface area contributed by atoms with E-state index >= 15 is 0 Å². The number of likely N-dealkylation sites (N-methyl/N-ethyl adjacent to an activating group) is 1. The van der Waals surface area contributed by atoms with E-state index in [1.807, 2.05) is 26.2 Å². The van der Waals surface area contributed by atoms with Crippen molar-refractivity contribution in [1.29, 1.82) is 0 Å². The van der Waals surface area contributed by atoms with Crippen LogP contribution in [-0.2, 0) is 0 Å². The predicted molar refractivity (Wildman–Crippen MR) is 76.9 cm³/mol. The molecule has 1 aliphatic rings. The Morgan fingerprint density at radius 3 is 2.74 bits per heavy atom. The van der Waals surface area contributed by atoms with Crippen LogP contribution in [0.1, 0.15) is 6.42 Å². The molecule has 1 fully saturated rings. The summed E-state index contributed by atoms with van der Waals surface area (Å²) in [7, 11) is 5.80. The van der Waals surface area contributed by atoms with Gasteiger partial charge >= 0.3 is 5.69 Å². The zero-order valence-electron chi connectivity index (χ0n) is 11.6. The normalized spacial score (nSPS) is 18.9. The smallest absolute Gasteiger partial charge is 0.315 e. The van der Waals surface area contributed by atoms with Gasteiger partial charge in [-0.05, 0) is 32.6 Å². The van der Waals surface area contributed by atoms with Crippen LogP contribution in [0.5, 0.6) is 0 Å². The molecule has 2 rings (SSSR count). The van der Waals surface area contributed by atoms with E-state index in [1.54, 1.807) is 13.1 Å². The van der Waals surface area contributed by atoms with Crippen LogP contribution in [0.3, 0.4) is 0 Å². The van der Waals surface area contributed by atoms with Crippen LogP contribution < -0.4 is 10.2 Å². The van der Waals surface area contributed by atoms with E-state index in [9.17, 15) is 10.1 Å². The van der Waals surface area contributed by atoms with Crippen molar-refractivity contribution in [2.24, 2.45) is 0 Å². The molecule has 19 heavy (non-hydrogen) atoms. The van der Waals surface area contributed by atoms with Crippen molar-refractivity contribution in [2.45, 2.75) is 12.5 Å². The third-order valence-corrected chi connectivity index (χ3v) is 3.70. The van der Waals surface area contributed by atoms with E-state index in [0.29, 0.717) is 17.4 Å². The zero-order valence-corrected chi connectivity index (χ0v) is 11.6. The minimum absolute atomic E-state index is 0.171. The highest BCUT2D eigenvalue weighted by atomic mass is 16.6. The lowest BCUT2D eigenvalue weighted by molar-refractivity contribution is -0.383. The fraction of sp³-hybridized carbons (Fsp3) is 0.538. The van der Waals surface area contributed by atoms with E-state index in [0.717, 1.165) is 19.5 Å². The van der Waals surface area contributed by atoms with Crippen molar-refractivity contribution in [1.82, 2.24) is 4.90 Å². The molecule has 0 aliphatic carbocycles. The zero-order chi connectivity index (χ0) is 14.0. The van der Waals surface area contributed by atoms with Crippen LogP contribution in [0.15, 0.2) is 18.2 Å². The summed E-state index contributed by atoms with van der Waals surface area (Å²) in [6, 6.07) is 5.88. The van der Waals surface area contributed by atoms with E-state index in [4.69, 9.17) is 0 Å². The molecule has 1 atom stereocenters. The Morgan fingerprint density at radius 2 is 2.21 bits per heavy atom. The summed E-state index contributed by atoms with van der Waals surface area (Å²) in [5.74, 6) is 0. The average molecular weight is 264 g/mol. The molecule has 1 aromatic carbocycles. The maximum atomic E-state index is 11.3. The molecular weight excluding hydrogens is 244 g/mol. The topological polar surface area (TPSA) is 61.6 Å². The molecule has 6 nitrogen and oxygen atoms in total. The number of rotatable bonds is 4. The first-order valence-electron chi connectivity index (χ1n) is 6.41. The lowest BCUT2D eigenvalue weighted by Crippen LogP contribution is -2.31. The molecule has 1 heterocycles. The fourth-order valence-corrected chi connectivity index (χ4v) is 2.56. The van der Waals surface area contributed by atoms with E-state index < -0.39 is 0 Å². The minimum atomic E-state index is -0.301. The molecule has 0 amide bonds. The number of benzene rings is 1. The van der Waals surface area contributed by atoms with Gasteiger partial charge in [0.05, 0.1) is 4.92 Å². The van der Waals surface area contributed by atoms with Crippen molar-refractivity contribution in [3.63, 3.8) is 0 Å². The lowest BCUT2D eigenvalue weighted by Gasteiger charge is -2.22. The summed E-state index contributed by atoms with van der Waals surface area (Å²) in [6.45, 7) is 1.69. The number of hydrogen-bond acceptors (Lipinski definition) is 5. The number of nitro groups is 1. The Balaban J connectivity index is 2.33. The summed E-state index contributed by atoms with van der Waals surface area (Å²) in [5.41, 5.74) is 1.45. The van der Waals surface area contributed by atoms with Crippen molar-refractivity contribution in [3.8, 4) is 0 Å². The molecule has 1 unspecified atom stereocenters. The molecule has 1 aromatic rings. The van der Waals surface area contributed by atoms with Crippen molar-refractivity contribution < 1.29 is 4.92 Å². The lowest BCUT2D eigenvalue weighted by atomic mass is 10.2. The third kappa shape index (κ3) is 2.63. The van der Waals surface area contributed by atoms with Gasteiger partial charge in [-0.1, -0.05) is 6.07 Å². The predicted octanol–water partition coefficient (Wildman–Crippen LogP) is 1.78. The summed E-state index contributed by atoms with van der Waals surface area (Å²) in [5, 5.41) is 14.2. The third-order valence-electron chi connectivity index (χ3n) is 3.70. The Kier molecular flexibility index (Phi) is 3.90. The van der Waals surface area contributed by atoms with Crippen LogP contribution >= 0.6 is 0 Å². The molecule has 0 saturated carbocycles. The first-order chi connectivity index (χ1) is 9.04. The van der Waals surface area contributed by atoms with Gasteiger partial charge in [0.15, 0.2) is 0 Å². The molecule has 0 spiro atoms. The largest absolute Gasteiger partial charge is 0.382 e. The molecule has 0 aromatic heterocycles. The van der Waals surface area contributed by atoms with Gasteiger partial charge in [0.1, 0.15) is 11.4 Å². The van der Waals surface area contributed by atoms with Crippen molar-refractivity contribution >= 4 is 17.1 Å². The second kappa shape index (κ2) is 5.44. The second-order valence-electron chi connectivity index (χ2n) is 5.03. The van der Waals surface area contributed by atoms with Gasteiger partial charge < -0.3 is 15.1 Å². The molecule has 1 aliphatic heterocycles. The van der Waals surface area contributed by atoms with Gasteiger partial charge in [-0.15, -0.1) is 0 Å². The van der Waals surface area contributed by atoms with Gasteiger partial charge in [0.25, 0.3) is 0 Å². The van der Waals surface area contributed by atoms with Crippen molar-refractivity contribution in [2.75, 3.05) is 44.4 Å². The maximum absolute atomic E-state index is 11.3.